The van der Waals surface area contributed by atoms with Gasteiger partial charge in [0.2, 0.25) is 11.6 Å². The monoisotopic (exact) mass is 438 g/mol. The molecule has 0 bridgehead atoms. The highest BCUT2D eigenvalue weighted by atomic mass is 16.6. The van der Waals surface area contributed by atoms with Crippen molar-refractivity contribution in [3.63, 3.8) is 0 Å². The Bertz CT molecular complexity index is 1110. The summed E-state index contributed by atoms with van der Waals surface area (Å²) in [4.78, 5) is 42.2. The van der Waals surface area contributed by atoms with E-state index in [0.717, 1.165) is 6.33 Å². The molecule has 0 saturated heterocycles. The number of methoxy groups -OCH3 is 1. The molecule has 0 atom stereocenters. The van der Waals surface area contributed by atoms with Crippen LogP contribution in [-0.4, -0.2) is 40.5 Å². The third-order valence-electron chi connectivity index (χ3n) is 4.01. The van der Waals surface area contributed by atoms with Gasteiger partial charge in [-0.2, -0.15) is 0 Å². The highest BCUT2D eigenvalue weighted by Crippen LogP contribution is 2.30. The number of anilines is 3. The van der Waals surface area contributed by atoms with E-state index >= 15 is 0 Å². The highest BCUT2D eigenvalue weighted by Gasteiger charge is 2.23. The van der Waals surface area contributed by atoms with E-state index in [2.05, 4.69) is 30.9 Å². The van der Waals surface area contributed by atoms with Crippen LogP contribution in [0.4, 0.5) is 23.0 Å². The van der Waals surface area contributed by atoms with Gasteiger partial charge in [0.05, 0.1) is 17.6 Å². The molecule has 164 valence electrons. The Kier molecular flexibility index (Phi) is 7.09. The SMILES string of the molecule is COC(=O)c1ccc(Nc2ncnc(NNC(=O)COc3ccccc3)c2[N+](=O)[O-])cc1. The zero-order valence-electron chi connectivity index (χ0n) is 16.8. The van der Waals surface area contributed by atoms with Gasteiger partial charge in [-0.1, -0.05) is 18.2 Å². The van der Waals surface area contributed by atoms with Crippen molar-refractivity contribution in [2.24, 2.45) is 0 Å². The molecule has 0 saturated carbocycles. The van der Waals surface area contributed by atoms with E-state index in [-0.39, 0.29) is 18.2 Å². The normalized spacial score (nSPS) is 10.0. The number of hydrogen-bond acceptors (Lipinski definition) is 10. The van der Waals surface area contributed by atoms with Gasteiger partial charge in [0.15, 0.2) is 6.61 Å². The lowest BCUT2D eigenvalue weighted by Gasteiger charge is -2.11. The van der Waals surface area contributed by atoms with E-state index in [1.165, 1.54) is 31.4 Å². The molecule has 12 nitrogen and oxygen atoms in total. The minimum absolute atomic E-state index is 0.117. The molecule has 12 heteroatoms. The summed E-state index contributed by atoms with van der Waals surface area (Å²) >= 11 is 0. The number of nitro groups is 1. The Labute approximate surface area is 181 Å². The van der Waals surface area contributed by atoms with Gasteiger partial charge in [0.1, 0.15) is 12.1 Å². The summed E-state index contributed by atoms with van der Waals surface area (Å²) in [6.07, 6.45) is 1.09. The summed E-state index contributed by atoms with van der Waals surface area (Å²) in [5, 5.41) is 14.4. The second-order valence-electron chi connectivity index (χ2n) is 6.15. The average Bonchev–Trinajstić information content (AvgIpc) is 2.82. The maximum atomic E-state index is 12.0. The highest BCUT2D eigenvalue weighted by molar-refractivity contribution is 5.90. The number of benzene rings is 2. The van der Waals surface area contributed by atoms with Gasteiger partial charge in [0, 0.05) is 5.69 Å². The van der Waals surface area contributed by atoms with Gasteiger partial charge in [-0.25, -0.2) is 14.8 Å². The lowest BCUT2D eigenvalue weighted by molar-refractivity contribution is -0.383. The van der Waals surface area contributed by atoms with E-state index in [0.29, 0.717) is 17.0 Å². The van der Waals surface area contributed by atoms with Crippen molar-refractivity contribution in [2.45, 2.75) is 0 Å². The number of nitrogens with zero attached hydrogens (tertiary/aromatic N) is 3. The number of amides is 1. The molecule has 0 aliphatic heterocycles. The zero-order valence-corrected chi connectivity index (χ0v) is 16.8. The lowest BCUT2D eigenvalue weighted by atomic mass is 10.2. The number of hydrogen-bond donors (Lipinski definition) is 3. The Morgan fingerprint density at radius 1 is 1.03 bits per heavy atom. The first-order valence-electron chi connectivity index (χ1n) is 9.15. The third kappa shape index (κ3) is 5.66. The molecule has 1 aromatic heterocycles. The molecule has 0 radical (unpaired) electrons. The molecular formula is C20H18N6O6. The topological polar surface area (TPSA) is 158 Å². The van der Waals surface area contributed by atoms with Crippen molar-refractivity contribution < 1.29 is 24.0 Å². The van der Waals surface area contributed by atoms with Crippen LogP contribution >= 0.6 is 0 Å². The maximum Gasteiger partial charge on any atom is 0.355 e. The molecule has 0 fully saturated rings. The number of carbonyl (C=O) groups excluding carboxylic acids is 2. The predicted molar refractivity (Wildman–Crippen MR) is 113 cm³/mol. The summed E-state index contributed by atoms with van der Waals surface area (Å²) in [5.74, 6) is -0.932. The minimum Gasteiger partial charge on any atom is -0.484 e. The van der Waals surface area contributed by atoms with Crippen molar-refractivity contribution in [3.05, 3.63) is 76.6 Å². The first kappa shape index (κ1) is 22.0. The van der Waals surface area contributed by atoms with Crippen LogP contribution in [0.1, 0.15) is 10.4 Å². The van der Waals surface area contributed by atoms with Crippen molar-refractivity contribution in [1.29, 1.82) is 0 Å². The van der Waals surface area contributed by atoms with Gasteiger partial charge >= 0.3 is 11.7 Å². The Hall–Kier alpha value is -4.74. The van der Waals surface area contributed by atoms with Crippen molar-refractivity contribution in [2.75, 3.05) is 24.5 Å². The number of aromatic nitrogens is 2. The Morgan fingerprint density at radius 2 is 1.72 bits per heavy atom. The van der Waals surface area contributed by atoms with E-state index in [4.69, 9.17) is 4.74 Å². The molecule has 3 rings (SSSR count). The third-order valence-corrected chi connectivity index (χ3v) is 4.01. The van der Waals surface area contributed by atoms with Gasteiger partial charge in [0.25, 0.3) is 5.91 Å². The van der Waals surface area contributed by atoms with Gasteiger partial charge < -0.3 is 14.8 Å². The average molecular weight is 438 g/mol. The smallest absolute Gasteiger partial charge is 0.355 e. The van der Waals surface area contributed by atoms with Gasteiger partial charge in [-0.05, 0) is 36.4 Å². The van der Waals surface area contributed by atoms with Crippen molar-refractivity contribution >= 4 is 34.9 Å². The number of ether oxygens (including phenoxy) is 2. The molecule has 3 aromatic rings. The molecule has 2 aromatic carbocycles. The molecule has 1 heterocycles. The quantitative estimate of drug-likeness (QED) is 0.257. The summed E-state index contributed by atoms with van der Waals surface area (Å²) < 4.78 is 9.94. The second-order valence-corrected chi connectivity index (χ2v) is 6.15. The van der Waals surface area contributed by atoms with E-state index < -0.39 is 22.5 Å². The van der Waals surface area contributed by atoms with Crippen LogP contribution in [0.2, 0.25) is 0 Å². The molecule has 32 heavy (non-hydrogen) atoms. The summed E-state index contributed by atoms with van der Waals surface area (Å²) in [7, 11) is 1.26. The molecule has 1 amide bonds. The number of nitrogens with one attached hydrogen (secondary N) is 3. The molecule has 3 N–H and O–H groups in total. The van der Waals surface area contributed by atoms with Crippen molar-refractivity contribution in [3.8, 4) is 5.75 Å². The number of carbonyl (C=O) groups is 2. The van der Waals surface area contributed by atoms with Gasteiger partial charge in [-0.3, -0.25) is 25.8 Å². The lowest BCUT2D eigenvalue weighted by Crippen LogP contribution is -2.34. The van der Waals surface area contributed by atoms with E-state index in [9.17, 15) is 19.7 Å². The molecule has 0 unspecified atom stereocenters. The van der Waals surface area contributed by atoms with Gasteiger partial charge in [-0.15, -0.1) is 0 Å². The Balaban J connectivity index is 1.68. The fraction of sp³-hybridized carbons (Fsp3) is 0.100. The fourth-order valence-corrected chi connectivity index (χ4v) is 2.51. The summed E-state index contributed by atoms with van der Waals surface area (Å²) in [5.41, 5.74) is 4.97. The van der Waals surface area contributed by atoms with E-state index in [1.807, 2.05) is 6.07 Å². The number of hydrazine groups is 1. The summed E-state index contributed by atoms with van der Waals surface area (Å²) in [6, 6.07) is 14.8. The molecular weight excluding hydrogens is 420 g/mol. The number of esters is 1. The van der Waals surface area contributed by atoms with Crippen LogP contribution < -0.4 is 20.9 Å². The molecule has 0 aliphatic carbocycles. The fourth-order valence-electron chi connectivity index (χ4n) is 2.51. The largest absolute Gasteiger partial charge is 0.484 e. The van der Waals surface area contributed by atoms with Crippen LogP contribution in [0, 0.1) is 10.1 Å². The number of para-hydroxylation sites is 1. The minimum atomic E-state index is -0.694. The molecule has 0 spiro atoms. The van der Waals surface area contributed by atoms with E-state index in [1.54, 1.807) is 24.3 Å². The molecule has 0 aliphatic rings. The maximum absolute atomic E-state index is 12.0. The van der Waals surface area contributed by atoms with Crippen LogP contribution in [-0.2, 0) is 9.53 Å². The first-order chi connectivity index (χ1) is 15.5. The zero-order chi connectivity index (χ0) is 22.9. The van der Waals surface area contributed by atoms with Crippen LogP contribution in [0.15, 0.2) is 60.9 Å². The predicted octanol–water partition coefficient (Wildman–Crippen LogP) is 2.44. The van der Waals surface area contributed by atoms with Crippen LogP contribution in [0.3, 0.4) is 0 Å². The first-order valence-corrected chi connectivity index (χ1v) is 9.15. The Morgan fingerprint density at radius 3 is 2.38 bits per heavy atom. The van der Waals surface area contributed by atoms with Crippen LogP contribution in [0.25, 0.3) is 0 Å². The standard InChI is InChI=1S/C20H18N6O6/c1-31-20(28)13-7-9-14(10-8-13)23-18-17(26(29)30)19(22-12-21-18)25-24-16(27)11-32-15-5-3-2-4-6-15/h2-10,12H,11H2,1H3,(H,24,27)(H2,21,22,23,25). The summed E-state index contributed by atoms with van der Waals surface area (Å²) in [6.45, 7) is -0.312. The van der Waals surface area contributed by atoms with Crippen LogP contribution in [0.5, 0.6) is 5.75 Å². The van der Waals surface area contributed by atoms with Crippen molar-refractivity contribution in [1.82, 2.24) is 15.4 Å². The second kappa shape index (κ2) is 10.3. The number of rotatable bonds is 9.